The Labute approximate surface area is 101 Å². The minimum atomic E-state index is -1.24. The average molecular weight is 292 g/mol. The summed E-state index contributed by atoms with van der Waals surface area (Å²) in [7, 11) is 1.54. The van der Waals surface area contributed by atoms with Crippen molar-refractivity contribution in [2.45, 2.75) is 12.5 Å². The van der Waals surface area contributed by atoms with Crippen LogP contribution in [0, 0.1) is 0 Å². The molecular weight excluding hydrogens is 278 g/mol. The number of hydrogen-bond donors (Lipinski definition) is 3. The van der Waals surface area contributed by atoms with Gasteiger partial charge in [0.2, 0.25) is 0 Å². The molecule has 1 heterocycles. The van der Waals surface area contributed by atoms with Gasteiger partial charge in [0.1, 0.15) is 10.1 Å². The normalized spacial score (nSPS) is 14.6. The molecule has 0 amide bonds. The highest BCUT2D eigenvalue weighted by Gasteiger charge is 2.19. The Bertz CT molecular complexity index is 430. The van der Waals surface area contributed by atoms with Crippen molar-refractivity contribution in [3.8, 4) is 0 Å². The van der Waals surface area contributed by atoms with Crippen LogP contribution in [0.5, 0.6) is 0 Å². The van der Waals surface area contributed by atoms with Gasteiger partial charge in [-0.05, 0) is 22.9 Å². The minimum Gasteiger partial charge on any atom is -0.393 e. The van der Waals surface area contributed by atoms with Gasteiger partial charge >= 0.3 is 0 Å². The third-order valence-electron chi connectivity index (χ3n) is 2.08. The van der Waals surface area contributed by atoms with Crippen molar-refractivity contribution in [3.05, 3.63) is 21.0 Å². The van der Waals surface area contributed by atoms with Crippen molar-refractivity contribution in [3.63, 3.8) is 0 Å². The topological polar surface area (TPSA) is 87.4 Å². The van der Waals surface area contributed by atoms with Gasteiger partial charge in [-0.15, -0.1) is 0 Å². The molecule has 0 radical (unpaired) electrons. The number of nitrogens with one attached hydrogen (secondary N) is 1. The Morgan fingerprint density at radius 2 is 2.31 bits per heavy atom. The second kappa shape index (κ2) is 4.94. The van der Waals surface area contributed by atoms with Gasteiger partial charge in [-0.25, -0.2) is 4.68 Å². The largest absolute Gasteiger partial charge is 0.393 e. The Morgan fingerprint density at radius 1 is 1.69 bits per heavy atom. The van der Waals surface area contributed by atoms with Crippen molar-refractivity contribution >= 4 is 21.6 Å². The molecule has 0 spiro atoms. The zero-order valence-corrected chi connectivity index (χ0v) is 10.7. The standard InChI is InChI=1S/C9H14BrN3O3/c1-9(16,5-14)4-11-6-3-12-13(2)8(15)7(6)10/h3,11,14,16H,4-5H2,1-2H3. The summed E-state index contributed by atoms with van der Waals surface area (Å²) in [6.07, 6.45) is 1.47. The van der Waals surface area contributed by atoms with Crippen LogP contribution in [0.1, 0.15) is 6.92 Å². The molecule has 0 aliphatic rings. The van der Waals surface area contributed by atoms with Crippen LogP contribution in [-0.4, -0.2) is 38.7 Å². The summed E-state index contributed by atoms with van der Waals surface area (Å²) in [5.74, 6) is 0. The average Bonchev–Trinajstić information content (AvgIpc) is 2.25. The molecule has 3 N–H and O–H groups in total. The van der Waals surface area contributed by atoms with E-state index in [0.717, 1.165) is 0 Å². The van der Waals surface area contributed by atoms with Crippen molar-refractivity contribution in [2.75, 3.05) is 18.5 Å². The number of aryl methyl sites for hydroxylation is 1. The number of aliphatic hydroxyl groups excluding tert-OH is 1. The maximum Gasteiger partial charge on any atom is 0.282 e. The van der Waals surface area contributed by atoms with Crippen LogP contribution in [-0.2, 0) is 7.05 Å². The third-order valence-corrected chi connectivity index (χ3v) is 2.84. The van der Waals surface area contributed by atoms with Gasteiger partial charge in [-0.2, -0.15) is 5.10 Å². The first-order chi connectivity index (χ1) is 7.37. The van der Waals surface area contributed by atoms with Gasteiger partial charge in [-0.1, -0.05) is 0 Å². The van der Waals surface area contributed by atoms with E-state index in [9.17, 15) is 9.90 Å². The molecule has 1 atom stereocenters. The number of aromatic nitrogens is 2. The van der Waals surface area contributed by atoms with Gasteiger partial charge in [0.15, 0.2) is 0 Å². The van der Waals surface area contributed by atoms with E-state index in [1.807, 2.05) is 0 Å². The summed E-state index contributed by atoms with van der Waals surface area (Å²) in [4.78, 5) is 11.5. The van der Waals surface area contributed by atoms with E-state index in [1.54, 1.807) is 7.05 Å². The fraction of sp³-hybridized carbons (Fsp3) is 0.556. The van der Waals surface area contributed by atoms with Crippen LogP contribution in [0.4, 0.5) is 5.69 Å². The van der Waals surface area contributed by atoms with Crippen molar-refractivity contribution in [1.29, 1.82) is 0 Å². The summed E-state index contributed by atoms with van der Waals surface area (Å²) in [5.41, 5.74) is -1.02. The summed E-state index contributed by atoms with van der Waals surface area (Å²) >= 11 is 3.14. The summed E-state index contributed by atoms with van der Waals surface area (Å²) in [6, 6.07) is 0. The third kappa shape index (κ3) is 3.03. The van der Waals surface area contributed by atoms with Gasteiger partial charge in [0.25, 0.3) is 5.56 Å². The highest BCUT2D eigenvalue weighted by atomic mass is 79.9. The molecule has 0 aromatic carbocycles. The number of nitrogens with zero attached hydrogens (tertiary/aromatic N) is 2. The number of aliphatic hydroxyl groups is 2. The number of rotatable bonds is 4. The lowest BCUT2D eigenvalue weighted by molar-refractivity contribution is 0.0132. The summed E-state index contributed by atoms with van der Waals surface area (Å²) in [5, 5.41) is 25.1. The van der Waals surface area contributed by atoms with E-state index in [0.29, 0.717) is 10.2 Å². The molecule has 1 rings (SSSR count). The van der Waals surface area contributed by atoms with E-state index in [4.69, 9.17) is 5.11 Å². The van der Waals surface area contributed by atoms with Crippen LogP contribution >= 0.6 is 15.9 Å². The SMILES string of the molecule is Cn1ncc(NCC(C)(O)CO)c(Br)c1=O. The van der Waals surface area contributed by atoms with Crippen LogP contribution in [0.3, 0.4) is 0 Å². The van der Waals surface area contributed by atoms with Crippen LogP contribution in [0.15, 0.2) is 15.5 Å². The molecule has 0 aliphatic carbocycles. The molecule has 0 bridgehead atoms. The van der Waals surface area contributed by atoms with Gasteiger partial charge < -0.3 is 15.5 Å². The van der Waals surface area contributed by atoms with E-state index < -0.39 is 5.60 Å². The monoisotopic (exact) mass is 291 g/mol. The molecule has 0 saturated carbocycles. The quantitative estimate of drug-likeness (QED) is 0.709. The molecule has 0 fully saturated rings. The maximum atomic E-state index is 11.5. The van der Waals surface area contributed by atoms with Gasteiger partial charge in [-0.3, -0.25) is 4.79 Å². The van der Waals surface area contributed by atoms with Crippen molar-refractivity contribution < 1.29 is 10.2 Å². The maximum absolute atomic E-state index is 11.5. The number of anilines is 1. The molecule has 0 aliphatic heterocycles. The molecule has 7 heteroatoms. The Balaban J connectivity index is 2.84. The van der Waals surface area contributed by atoms with Crippen LogP contribution < -0.4 is 10.9 Å². The number of halogens is 1. The van der Waals surface area contributed by atoms with Gasteiger partial charge in [0, 0.05) is 13.6 Å². The Hall–Kier alpha value is -0.920. The zero-order valence-electron chi connectivity index (χ0n) is 9.07. The van der Waals surface area contributed by atoms with Crippen molar-refractivity contribution in [2.24, 2.45) is 7.05 Å². The highest BCUT2D eigenvalue weighted by Crippen LogP contribution is 2.16. The predicted octanol–water partition coefficient (Wildman–Crippen LogP) is -0.302. The predicted molar refractivity (Wildman–Crippen MR) is 63.4 cm³/mol. The first-order valence-electron chi connectivity index (χ1n) is 4.66. The smallest absolute Gasteiger partial charge is 0.282 e. The Kier molecular flexibility index (Phi) is 4.06. The molecule has 1 unspecified atom stereocenters. The minimum absolute atomic E-state index is 0.122. The van der Waals surface area contributed by atoms with E-state index in [-0.39, 0.29) is 18.7 Å². The molecule has 6 nitrogen and oxygen atoms in total. The molecule has 16 heavy (non-hydrogen) atoms. The van der Waals surface area contributed by atoms with Crippen LogP contribution in [0.25, 0.3) is 0 Å². The molecule has 1 aromatic heterocycles. The number of hydrogen-bond acceptors (Lipinski definition) is 5. The molecule has 90 valence electrons. The lowest BCUT2D eigenvalue weighted by atomic mass is 10.1. The zero-order chi connectivity index (χ0) is 12.3. The summed E-state index contributed by atoms with van der Waals surface area (Å²) < 4.78 is 1.54. The fourth-order valence-corrected chi connectivity index (χ4v) is 1.47. The first kappa shape index (κ1) is 13.1. The Morgan fingerprint density at radius 3 is 2.88 bits per heavy atom. The van der Waals surface area contributed by atoms with Gasteiger partial charge in [0.05, 0.1) is 18.5 Å². The lowest BCUT2D eigenvalue weighted by Gasteiger charge is -2.21. The van der Waals surface area contributed by atoms with Crippen molar-refractivity contribution in [1.82, 2.24) is 9.78 Å². The molecule has 0 saturated heterocycles. The van der Waals surface area contributed by atoms with E-state index in [2.05, 4.69) is 26.3 Å². The molecule has 1 aromatic rings. The second-order valence-electron chi connectivity index (χ2n) is 3.81. The second-order valence-corrected chi connectivity index (χ2v) is 4.60. The van der Waals surface area contributed by atoms with Crippen LogP contribution in [0.2, 0.25) is 0 Å². The fourth-order valence-electron chi connectivity index (χ4n) is 0.975. The summed E-state index contributed by atoms with van der Waals surface area (Å²) in [6.45, 7) is 1.25. The lowest BCUT2D eigenvalue weighted by Crippen LogP contribution is -2.37. The molecular formula is C9H14BrN3O3. The first-order valence-corrected chi connectivity index (χ1v) is 5.45. The van der Waals surface area contributed by atoms with E-state index in [1.165, 1.54) is 17.8 Å². The highest BCUT2D eigenvalue weighted by molar-refractivity contribution is 9.10. The van der Waals surface area contributed by atoms with E-state index >= 15 is 0 Å².